The maximum atomic E-state index is 13.1. The van der Waals surface area contributed by atoms with E-state index in [1.54, 1.807) is 48.5 Å². The second-order valence-electron chi connectivity index (χ2n) is 7.58. The number of nitrogens with zero attached hydrogens (tertiary/aromatic N) is 1. The van der Waals surface area contributed by atoms with Crippen LogP contribution in [0.3, 0.4) is 0 Å². The Morgan fingerprint density at radius 2 is 1.81 bits per heavy atom. The molecule has 1 aliphatic rings. The number of nitrogens with one attached hydrogen (secondary N) is 1. The Hall–Kier alpha value is -3.05. The van der Waals surface area contributed by atoms with Gasteiger partial charge in [0.1, 0.15) is 5.75 Å². The molecule has 0 aliphatic carbocycles. The molecule has 4 rings (SSSR count). The molecule has 1 N–H and O–H groups in total. The first kappa shape index (κ1) is 27.0. The van der Waals surface area contributed by atoms with E-state index < -0.39 is 23.6 Å². The molecule has 0 radical (unpaired) electrons. The van der Waals surface area contributed by atoms with Gasteiger partial charge in [0.05, 0.1) is 31.9 Å². The van der Waals surface area contributed by atoms with Crippen molar-refractivity contribution in [2.24, 2.45) is 0 Å². The largest absolute Gasteiger partial charge is 0.484 e. The molecule has 0 bridgehead atoms. The maximum absolute atomic E-state index is 13.1. The standard InChI is InChI=1S/C25H15Cl2F3N2O3S2/c26-18-8-3-9-19(22(18)27)31-21(33)13-35-17-7-1-4-14(10-17)11-20-23(34)32(24(36)37-20)16-6-2-5-15(12-16)25(28,29)30/h1-12H,13H2,(H,31,33)/b20-11-. The van der Waals surface area contributed by atoms with Crippen molar-refractivity contribution in [1.82, 2.24) is 0 Å². The van der Waals surface area contributed by atoms with E-state index in [0.717, 1.165) is 28.8 Å². The van der Waals surface area contributed by atoms with Crippen molar-refractivity contribution in [3.05, 3.63) is 92.8 Å². The summed E-state index contributed by atoms with van der Waals surface area (Å²) in [5.74, 6) is -0.649. The summed E-state index contributed by atoms with van der Waals surface area (Å²) in [6.45, 7) is -0.316. The van der Waals surface area contributed by atoms with Gasteiger partial charge in [0.15, 0.2) is 10.9 Å². The quantitative estimate of drug-likeness (QED) is 0.242. The molecule has 12 heteroatoms. The first-order valence-corrected chi connectivity index (χ1v) is 12.4. The Morgan fingerprint density at radius 1 is 1.08 bits per heavy atom. The minimum absolute atomic E-state index is 0.0311. The van der Waals surface area contributed by atoms with Gasteiger partial charge in [0.25, 0.3) is 11.8 Å². The molecule has 0 saturated carbocycles. The highest BCUT2D eigenvalue weighted by atomic mass is 35.5. The maximum Gasteiger partial charge on any atom is 0.416 e. The van der Waals surface area contributed by atoms with Crippen LogP contribution < -0.4 is 15.0 Å². The summed E-state index contributed by atoms with van der Waals surface area (Å²) in [6, 6.07) is 15.9. The number of amides is 2. The minimum atomic E-state index is -4.55. The van der Waals surface area contributed by atoms with E-state index in [1.165, 1.54) is 12.1 Å². The number of ether oxygens (including phenoxy) is 1. The molecule has 0 unspecified atom stereocenters. The second-order valence-corrected chi connectivity index (χ2v) is 10.0. The Bertz CT molecular complexity index is 1430. The number of thiocarbonyl (C=S) groups is 1. The lowest BCUT2D eigenvalue weighted by atomic mass is 10.1. The Morgan fingerprint density at radius 3 is 2.57 bits per heavy atom. The van der Waals surface area contributed by atoms with E-state index in [0.29, 0.717) is 22.0 Å². The van der Waals surface area contributed by atoms with E-state index in [4.69, 9.17) is 40.2 Å². The van der Waals surface area contributed by atoms with E-state index in [1.807, 2.05) is 0 Å². The zero-order valence-corrected chi connectivity index (χ0v) is 21.7. The van der Waals surface area contributed by atoms with Crippen LogP contribution in [0.25, 0.3) is 6.08 Å². The van der Waals surface area contributed by atoms with Crippen molar-refractivity contribution in [2.75, 3.05) is 16.8 Å². The summed E-state index contributed by atoms with van der Waals surface area (Å²) in [4.78, 5) is 26.5. The van der Waals surface area contributed by atoms with Gasteiger partial charge in [-0.25, -0.2) is 0 Å². The van der Waals surface area contributed by atoms with E-state index >= 15 is 0 Å². The van der Waals surface area contributed by atoms with E-state index in [9.17, 15) is 22.8 Å². The van der Waals surface area contributed by atoms with Crippen LogP contribution in [0.1, 0.15) is 11.1 Å². The third kappa shape index (κ3) is 6.45. The van der Waals surface area contributed by atoms with Gasteiger partial charge in [-0.3, -0.25) is 14.5 Å². The molecular formula is C25H15Cl2F3N2O3S2. The normalized spacial score (nSPS) is 14.8. The zero-order valence-electron chi connectivity index (χ0n) is 18.5. The van der Waals surface area contributed by atoms with Crippen molar-refractivity contribution in [3.8, 4) is 5.75 Å². The predicted molar refractivity (Wildman–Crippen MR) is 144 cm³/mol. The lowest BCUT2D eigenvalue weighted by Gasteiger charge is -2.16. The van der Waals surface area contributed by atoms with Gasteiger partial charge in [-0.1, -0.05) is 71.4 Å². The molecule has 0 atom stereocenters. The second kappa shape index (κ2) is 11.1. The van der Waals surface area contributed by atoms with Crippen LogP contribution in [0.4, 0.5) is 24.5 Å². The van der Waals surface area contributed by atoms with Crippen LogP contribution in [0.15, 0.2) is 71.6 Å². The Balaban J connectivity index is 1.45. The van der Waals surface area contributed by atoms with Gasteiger partial charge in [0, 0.05) is 0 Å². The average molecular weight is 583 g/mol. The highest BCUT2D eigenvalue weighted by molar-refractivity contribution is 8.27. The Kier molecular flexibility index (Phi) is 8.13. The topological polar surface area (TPSA) is 58.6 Å². The predicted octanol–water partition coefficient (Wildman–Crippen LogP) is 7.44. The summed E-state index contributed by atoms with van der Waals surface area (Å²) in [7, 11) is 0. The SMILES string of the molecule is O=C(COc1cccc(/C=C2\SC(=S)N(c3cccc(C(F)(F)F)c3)C2=O)c1)Nc1cccc(Cl)c1Cl. The van der Waals surface area contributed by atoms with Crippen LogP contribution in [-0.2, 0) is 15.8 Å². The number of hydrogen-bond acceptors (Lipinski definition) is 5. The monoisotopic (exact) mass is 582 g/mol. The summed E-state index contributed by atoms with van der Waals surface area (Å²) in [5, 5.41) is 3.12. The molecule has 1 heterocycles. The van der Waals surface area contributed by atoms with Crippen molar-refractivity contribution in [3.63, 3.8) is 0 Å². The molecule has 2 amide bonds. The number of rotatable bonds is 6. The highest BCUT2D eigenvalue weighted by Crippen LogP contribution is 2.38. The first-order valence-electron chi connectivity index (χ1n) is 10.4. The van der Waals surface area contributed by atoms with Gasteiger partial charge in [-0.2, -0.15) is 13.2 Å². The fraction of sp³-hybridized carbons (Fsp3) is 0.0800. The molecule has 1 fully saturated rings. The zero-order chi connectivity index (χ0) is 26.7. The number of thioether (sulfide) groups is 1. The number of alkyl halides is 3. The lowest BCUT2D eigenvalue weighted by Crippen LogP contribution is -2.27. The summed E-state index contributed by atoms with van der Waals surface area (Å²) in [6.07, 6.45) is -3.00. The summed E-state index contributed by atoms with van der Waals surface area (Å²) in [5.41, 5.74) is 0.0674. The smallest absolute Gasteiger partial charge is 0.416 e. The third-order valence-electron chi connectivity index (χ3n) is 4.98. The minimum Gasteiger partial charge on any atom is -0.484 e. The van der Waals surface area contributed by atoms with E-state index in [-0.39, 0.29) is 26.5 Å². The number of benzene rings is 3. The molecule has 0 aromatic heterocycles. The van der Waals surface area contributed by atoms with Gasteiger partial charge < -0.3 is 10.1 Å². The number of halogens is 5. The van der Waals surface area contributed by atoms with Gasteiger partial charge in [-0.05, 0) is 54.1 Å². The molecule has 37 heavy (non-hydrogen) atoms. The van der Waals surface area contributed by atoms with Gasteiger partial charge >= 0.3 is 6.18 Å². The molecule has 1 saturated heterocycles. The molecule has 1 aliphatic heterocycles. The molecule has 5 nitrogen and oxygen atoms in total. The van der Waals surface area contributed by atoms with E-state index in [2.05, 4.69) is 5.32 Å². The van der Waals surface area contributed by atoms with Gasteiger partial charge in [0.2, 0.25) is 0 Å². The number of hydrogen-bond donors (Lipinski definition) is 1. The van der Waals surface area contributed by atoms with Crippen LogP contribution in [0.5, 0.6) is 5.75 Å². The first-order chi connectivity index (χ1) is 17.5. The fourth-order valence-corrected chi connectivity index (χ4v) is 4.94. The average Bonchev–Trinajstić information content (AvgIpc) is 3.13. The Labute approximate surface area is 229 Å². The number of carbonyl (C=O) groups is 2. The molecular weight excluding hydrogens is 568 g/mol. The third-order valence-corrected chi connectivity index (χ3v) is 7.10. The van der Waals surface area contributed by atoms with Crippen molar-refractivity contribution < 1.29 is 27.5 Å². The van der Waals surface area contributed by atoms with Crippen molar-refractivity contribution >= 4 is 80.8 Å². The molecule has 0 spiro atoms. The van der Waals surface area contributed by atoms with Crippen LogP contribution >= 0.6 is 47.2 Å². The van der Waals surface area contributed by atoms with Crippen molar-refractivity contribution in [1.29, 1.82) is 0 Å². The number of carbonyl (C=O) groups excluding carboxylic acids is 2. The molecule has 3 aromatic rings. The summed E-state index contributed by atoms with van der Waals surface area (Å²) >= 11 is 18.2. The lowest BCUT2D eigenvalue weighted by molar-refractivity contribution is -0.137. The molecule has 190 valence electrons. The van der Waals surface area contributed by atoms with Crippen LogP contribution in [0, 0.1) is 0 Å². The van der Waals surface area contributed by atoms with Gasteiger partial charge in [-0.15, -0.1) is 0 Å². The highest BCUT2D eigenvalue weighted by Gasteiger charge is 2.36. The van der Waals surface area contributed by atoms with Crippen molar-refractivity contribution in [2.45, 2.75) is 6.18 Å². The molecule has 3 aromatic carbocycles. The van der Waals surface area contributed by atoms with Crippen LogP contribution in [-0.4, -0.2) is 22.7 Å². The summed E-state index contributed by atoms with van der Waals surface area (Å²) < 4.78 is 45.0. The fourth-order valence-electron chi connectivity index (χ4n) is 3.29. The number of anilines is 2. The van der Waals surface area contributed by atoms with Crippen LogP contribution in [0.2, 0.25) is 10.0 Å².